The minimum Gasteiger partial charge on any atom is -0.349 e. The summed E-state index contributed by atoms with van der Waals surface area (Å²) in [6.07, 6.45) is 7.93. The Hall–Kier alpha value is -1.36. The van der Waals surface area contributed by atoms with E-state index in [0.717, 1.165) is 6.42 Å². The van der Waals surface area contributed by atoms with Crippen molar-refractivity contribution in [2.45, 2.75) is 51.2 Å². The van der Waals surface area contributed by atoms with Gasteiger partial charge in [-0.2, -0.15) is 0 Å². The highest BCUT2D eigenvalue weighted by Gasteiger charge is 2.22. The third-order valence-electron chi connectivity index (χ3n) is 3.78. The van der Waals surface area contributed by atoms with E-state index in [2.05, 4.69) is 21.8 Å². The van der Waals surface area contributed by atoms with Gasteiger partial charge in [0.25, 0.3) is 0 Å². The van der Waals surface area contributed by atoms with E-state index in [1.165, 1.54) is 18.5 Å². The Morgan fingerprint density at radius 3 is 3.00 bits per heavy atom. The van der Waals surface area contributed by atoms with E-state index in [9.17, 15) is 4.79 Å². The number of piperidine rings is 1. The van der Waals surface area contributed by atoms with Gasteiger partial charge in [-0.1, -0.05) is 0 Å². The van der Waals surface area contributed by atoms with Gasteiger partial charge in [0.1, 0.15) is 0 Å². The number of nitrogens with one attached hydrogen (secondary N) is 1. The molecule has 1 amide bonds. The maximum Gasteiger partial charge on any atom is 0.223 e. The maximum absolute atomic E-state index is 11.7. The van der Waals surface area contributed by atoms with Crippen LogP contribution in [0, 0.1) is 0 Å². The first-order chi connectivity index (χ1) is 9.08. The van der Waals surface area contributed by atoms with Gasteiger partial charge in [-0.3, -0.25) is 4.79 Å². The number of hydrogen-bond donors (Lipinski definition) is 1. The van der Waals surface area contributed by atoms with E-state index in [1.54, 1.807) is 19.0 Å². The first-order valence-corrected chi connectivity index (χ1v) is 7.04. The van der Waals surface area contributed by atoms with Crippen molar-refractivity contribution in [1.82, 2.24) is 19.8 Å². The molecule has 2 rings (SSSR count). The summed E-state index contributed by atoms with van der Waals surface area (Å²) in [7, 11) is 3.59. The van der Waals surface area contributed by atoms with Crippen LogP contribution in [-0.2, 0) is 11.3 Å². The largest absolute Gasteiger partial charge is 0.349 e. The smallest absolute Gasteiger partial charge is 0.223 e. The highest BCUT2D eigenvalue weighted by atomic mass is 16.2. The van der Waals surface area contributed by atoms with Crippen LogP contribution >= 0.6 is 0 Å². The molecule has 5 heteroatoms. The zero-order chi connectivity index (χ0) is 13.8. The number of carbonyl (C=O) groups excluding carboxylic acids is 1. The molecule has 1 aliphatic rings. The highest BCUT2D eigenvalue weighted by Crippen LogP contribution is 2.25. The molecule has 1 fully saturated rings. The lowest BCUT2D eigenvalue weighted by Gasteiger charge is -2.29. The van der Waals surface area contributed by atoms with Crippen LogP contribution in [0.2, 0.25) is 0 Å². The molecule has 2 unspecified atom stereocenters. The van der Waals surface area contributed by atoms with E-state index in [0.29, 0.717) is 25.0 Å². The third kappa shape index (κ3) is 3.56. The molecule has 0 aromatic carbocycles. The fraction of sp³-hybridized carbons (Fsp3) is 0.714. The van der Waals surface area contributed by atoms with Crippen LogP contribution in [0.4, 0.5) is 0 Å². The molecule has 19 heavy (non-hydrogen) atoms. The Kier molecular flexibility index (Phi) is 4.58. The normalized spacial score (nSPS) is 23.3. The molecule has 5 nitrogen and oxygen atoms in total. The summed E-state index contributed by atoms with van der Waals surface area (Å²) in [5.74, 6) is 0.157. The van der Waals surface area contributed by atoms with Crippen molar-refractivity contribution < 1.29 is 4.79 Å². The Balaban J connectivity index is 1.99. The van der Waals surface area contributed by atoms with Crippen molar-refractivity contribution in [2.24, 2.45) is 0 Å². The van der Waals surface area contributed by atoms with Crippen LogP contribution in [0.15, 0.2) is 12.5 Å². The fourth-order valence-electron chi connectivity index (χ4n) is 2.62. The summed E-state index contributed by atoms with van der Waals surface area (Å²) in [6.45, 7) is 2.93. The number of amides is 1. The van der Waals surface area contributed by atoms with Crippen molar-refractivity contribution in [1.29, 1.82) is 0 Å². The van der Waals surface area contributed by atoms with Gasteiger partial charge in [0.2, 0.25) is 5.91 Å². The minimum absolute atomic E-state index is 0.157. The molecule has 0 spiro atoms. The zero-order valence-corrected chi connectivity index (χ0v) is 12.1. The van der Waals surface area contributed by atoms with Crippen molar-refractivity contribution in [3.8, 4) is 0 Å². The van der Waals surface area contributed by atoms with Crippen LogP contribution in [0.1, 0.15) is 44.3 Å². The number of aromatic nitrogens is 2. The number of imidazole rings is 1. The summed E-state index contributed by atoms with van der Waals surface area (Å²) in [5, 5.41) is 3.61. The quantitative estimate of drug-likeness (QED) is 0.898. The predicted molar refractivity (Wildman–Crippen MR) is 74.7 cm³/mol. The lowest BCUT2D eigenvalue weighted by atomic mass is 9.97. The van der Waals surface area contributed by atoms with Crippen molar-refractivity contribution in [3.63, 3.8) is 0 Å². The zero-order valence-electron chi connectivity index (χ0n) is 12.1. The summed E-state index contributed by atoms with van der Waals surface area (Å²) < 4.78 is 2.11. The number of rotatable bonds is 4. The van der Waals surface area contributed by atoms with Gasteiger partial charge in [-0.15, -0.1) is 0 Å². The molecule has 1 aliphatic heterocycles. The number of aryl methyl sites for hydroxylation is 1. The molecule has 2 heterocycles. The molecule has 106 valence electrons. The number of nitrogens with zero attached hydrogens (tertiary/aromatic N) is 3. The molecule has 0 aliphatic carbocycles. The topological polar surface area (TPSA) is 50.2 Å². The lowest BCUT2D eigenvalue weighted by Crippen LogP contribution is -2.35. The Labute approximate surface area is 115 Å². The second-order valence-corrected chi connectivity index (χ2v) is 5.60. The molecule has 0 radical (unpaired) electrons. The van der Waals surface area contributed by atoms with Gasteiger partial charge in [-0.25, -0.2) is 4.98 Å². The van der Waals surface area contributed by atoms with Crippen LogP contribution in [0.3, 0.4) is 0 Å². The van der Waals surface area contributed by atoms with Crippen molar-refractivity contribution >= 4 is 5.91 Å². The lowest BCUT2D eigenvalue weighted by molar-refractivity contribution is -0.128. The standard InChI is InChI=1S/C14H24N4O/c1-11-5-4-6-12(16-11)13-9-15-10-18(13)8-7-14(19)17(2)3/h9-12,16H,4-8H2,1-3H3. The van der Waals surface area contributed by atoms with Gasteiger partial charge in [0.05, 0.1) is 12.0 Å². The van der Waals surface area contributed by atoms with Crippen molar-refractivity contribution in [3.05, 3.63) is 18.2 Å². The SMILES string of the molecule is CC1CCCC(c2cncn2CCC(=O)N(C)C)N1. The summed E-state index contributed by atoms with van der Waals surface area (Å²) in [5.41, 5.74) is 1.21. The molecule has 1 aromatic rings. The van der Waals surface area contributed by atoms with E-state index in [-0.39, 0.29) is 5.91 Å². The predicted octanol–water partition coefficient (Wildman–Crippen LogP) is 1.56. The molecule has 0 saturated carbocycles. The molecule has 1 aromatic heterocycles. The Morgan fingerprint density at radius 2 is 2.32 bits per heavy atom. The first kappa shape index (κ1) is 14.1. The molecule has 1 saturated heterocycles. The van der Waals surface area contributed by atoms with Crippen LogP contribution in [-0.4, -0.2) is 40.5 Å². The average molecular weight is 264 g/mol. The van der Waals surface area contributed by atoms with Crippen LogP contribution in [0.5, 0.6) is 0 Å². The molecule has 0 bridgehead atoms. The van der Waals surface area contributed by atoms with Gasteiger partial charge >= 0.3 is 0 Å². The Bertz CT molecular complexity index is 427. The first-order valence-electron chi connectivity index (χ1n) is 7.04. The fourth-order valence-corrected chi connectivity index (χ4v) is 2.62. The van der Waals surface area contributed by atoms with Gasteiger partial charge in [0, 0.05) is 45.3 Å². The number of carbonyl (C=O) groups is 1. The second-order valence-electron chi connectivity index (χ2n) is 5.60. The van der Waals surface area contributed by atoms with E-state index >= 15 is 0 Å². The highest BCUT2D eigenvalue weighted by molar-refractivity contribution is 5.75. The second kappa shape index (κ2) is 6.19. The summed E-state index contributed by atoms with van der Waals surface area (Å²) in [6, 6.07) is 0.936. The van der Waals surface area contributed by atoms with Gasteiger partial charge in [-0.05, 0) is 26.2 Å². The van der Waals surface area contributed by atoms with Gasteiger partial charge in [0.15, 0.2) is 0 Å². The van der Waals surface area contributed by atoms with Crippen molar-refractivity contribution in [2.75, 3.05) is 14.1 Å². The van der Waals surface area contributed by atoms with Crippen LogP contribution in [0.25, 0.3) is 0 Å². The molecular formula is C14H24N4O. The van der Waals surface area contributed by atoms with E-state index in [4.69, 9.17) is 0 Å². The molecule has 2 atom stereocenters. The summed E-state index contributed by atoms with van der Waals surface area (Å²) in [4.78, 5) is 17.5. The maximum atomic E-state index is 11.7. The monoisotopic (exact) mass is 264 g/mol. The average Bonchev–Trinajstić information content (AvgIpc) is 2.84. The summed E-state index contributed by atoms with van der Waals surface area (Å²) >= 11 is 0. The molecule has 1 N–H and O–H groups in total. The molecular weight excluding hydrogens is 240 g/mol. The van der Waals surface area contributed by atoms with E-state index < -0.39 is 0 Å². The Morgan fingerprint density at radius 1 is 1.53 bits per heavy atom. The third-order valence-corrected chi connectivity index (χ3v) is 3.78. The van der Waals surface area contributed by atoms with Gasteiger partial charge < -0.3 is 14.8 Å². The minimum atomic E-state index is 0.157. The van der Waals surface area contributed by atoms with E-state index in [1.807, 2.05) is 12.5 Å². The number of hydrogen-bond acceptors (Lipinski definition) is 3. The van der Waals surface area contributed by atoms with Crippen LogP contribution < -0.4 is 5.32 Å².